The van der Waals surface area contributed by atoms with Crippen molar-refractivity contribution in [3.05, 3.63) is 78.4 Å². The van der Waals surface area contributed by atoms with Crippen molar-refractivity contribution in [2.45, 2.75) is 18.8 Å². The molecule has 0 unspecified atom stereocenters. The Kier molecular flexibility index (Phi) is 3.85. The summed E-state index contributed by atoms with van der Waals surface area (Å²) >= 11 is 0. The molecule has 0 saturated carbocycles. The first-order valence-corrected chi connectivity index (χ1v) is 9.36. The Balaban J connectivity index is 1.30. The van der Waals surface area contributed by atoms with Crippen molar-refractivity contribution < 1.29 is 4.79 Å². The van der Waals surface area contributed by atoms with E-state index in [0.29, 0.717) is 5.92 Å². The summed E-state index contributed by atoms with van der Waals surface area (Å²) in [4.78, 5) is 23.9. The maximum absolute atomic E-state index is 12.9. The highest BCUT2D eigenvalue weighted by molar-refractivity contribution is 5.95. The number of carbonyl (C=O) groups is 1. The number of pyridine rings is 3. The van der Waals surface area contributed by atoms with Crippen molar-refractivity contribution in [3.63, 3.8) is 0 Å². The molecule has 5 heteroatoms. The van der Waals surface area contributed by atoms with Gasteiger partial charge in [-0.2, -0.15) is 0 Å². The summed E-state index contributed by atoms with van der Waals surface area (Å²) in [5.74, 6) is 0.499. The zero-order chi connectivity index (χ0) is 18.2. The molecule has 0 radical (unpaired) electrons. The Morgan fingerprint density at radius 2 is 1.93 bits per heavy atom. The lowest BCUT2D eigenvalue weighted by Gasteiger charge is -2.31. The van der Waals surface area contributed by atoms with Gasteiger partial charge in [-0.15, -0.1) is 0 Å². The topological polar surface area (TPSA) is 50.5 Å². The van der Waals surface area contributed by atoms with E-state index in [2.05, 4.69) is 17.1 Å². The molecule has 0 bridgehead atoms. The van der Waals surface area contributed by atoms with Crippen LogP contribution in [-0.2, 0) is 0 Å². The summed E-state index contributed by atoms with van der Waals surface area (Å²) in [6.07, 6.45) is 7.54. The standard InChI is InChI=1S/C22H20N4O/c27-22(18-14-19-5-1-2-11-26(19)15-18)25-12-8-16(9-13-25)20-7-6-17-4-3-10-23-21(17)24-20/h1-7,10-11,14-16H,8-9,12-13H2. The van der Waals surface area contributed by atoms with Crippen LogP contribution in [0.5, 0.6) is 0 Å². The van der Waals surface area contributed by atoms with Gasteiger partial charge in [-0.25, -0.2) is 9.97 Å². The lowest BCUT2D eigenvalue weighted by atomic mass is 9.92. The summed E-state index contributed by atoms with van der Waals surface area (Å²) in [7, 11) is 0. The second-order valence-electron chi connectivity index (χ2n) is 7.11. The number of hydrogen-bond donors (Lipinski definition) is 0. The third-order valence-electron chi connectivity index (χ3n) is 5.44. The Hall–Kier alpha value is -3.21. The van der Waals surface area contributed by atoms with Crippen LogP contribution in [-0.4, -0.2) is 38.3 Å². The van der Waals surface area contributed by atoms with Crippen LogP contribution in [0.1, 0.15) is 34.8 Å². The predicted octanol–water partition coefficient (Wildman–Crippen LogP) is 3.90. The molecule has 1 aliphatic rings. The number of amides is 1. The summed E-state index contributed by atoms with van der Waals surface area (Å²) in [6, 6.07) is 16.1. The molecule has 134 valence electrons. The van der Waals surface area contributed by atoms with E-state index in [4.69, 9.17) is 4.98 Å². The van der Waals surface area contributed by atoms with Gasteiger partial charge in [-0.05, 0) is 55.3 Å². The third kappa shape index (κ3) is 2.95. The molecule has 0 N–H and O–H groups in total. The molecule has 0 aromatic carbocycles. The van der Waals surface area contributed by atoms with Crippen LogP contribution in [0, 0.1) is 0 Å². The van der Waals surface area contributed by atoms with Crippen molar-refractivity contribution >= 4 is 22.5 Å². The molecule has 5 heterocycles. The quantitative estimate of drug-likeness (QED) is 0.547. The van der Waals surface area contributed by atoms with Gasteiger partial charge < -0.3 is 9.30 Å². The van der Waals surface area contributed by atoms with Crippen LogP contribution >= 0.6 is 0 Å². The number of aromatic nitrogens is 3. The molecule has 1 aliphatic heterocycles. The van der Waals surface area contributed by atoms with Crippen LogP contribution in [0.4, 0.5) is 0 Å². The van der Waals surface area contributed by atoms with Gasteiger partial charge in [-0.1, -0.05) is 6.07 Å². The van der Waals surface area contributed by atoms with Gasteiger partial charge in [0.25, 0.3) is 5.91 Å². The summed E-state index contributed by atoms with van der Waals surface area (Å²) in [6.45, 7) is 1.52. The van der Waals surface area contributed by atoms with E-state index in [0.717, 1.165) is 53.7 Å². The van der Waals surface area contributed by atoms with Crippen molar-refractivity contribution in [1.82, 2.24) is 19.3 Å². The van der Waals surface area contributed by atoms with E-state index in [1.165, 1.54) is 0 Å². The van der Waals surface area contributed by atoms with Gasteiger partial charge in [0, 0.05) is 54.2 Å². The number of piperidine rings is 1. The first-order chi connectivity index (χ1) is 13.3. The average Bonchev–Trinajstić information content (AvgIpc) is 3.17. The summed E-state index contributed by atoms with van der Waals surface area (Å²) in [5, 5.41) is 1.06. The van der Waals surface area contributed by atoms with Gasteiger partial charge >= 0.3 is 0 Å². The maximum atomic E-state index is 12.9. The minimum atomic E-state index is 0.116. The number of nitrogens with zero attached hydrogens (tertiary/aromatic N) is 4. The SMILES string of the molecule is O=C(c1cc2ccccn2c1)N1CCC(c2ccc3cccnc3n2)CC1. The summed E-state index contributed by atoms with van der Waals surface area (Å²) < 4.78 is 1.99. The summed E-state index contributed by atoms with van der Waals surface area (Å²) in [5.41, 5.74) is 3.69. The number of carbonyl (C=O) groups excluding carboxylic acids is 1. The van der Waals surface area contributed by atoms with E-state index in [9.17, 15) is 4.79 Å². The molecule has 1 fully saturated rings. The number of rotatable bonds is 2. The van der Waals surface area contributed by atoms with E-state index in [1.54, 1.807) is 6.20 Å². The molecule has 27 heavy (non-hydrogen) atoms. The zero-order valence-electron chi connectivity index (χ0n) is 15.0. The lowest BCUT2D eigenvalue weighted by Crippen LogP contribution is -2.37. The van der Waals surface area contributed by atoms with E-state index in [1.807, 2.05) is 58.1 Å². The molecule has 5 nitrogen and oxygen atoms in total. The minimum absolute atomic E-state index is 0.116. The van der Waals surface area contributed by atoms with Crippen molar-refractivity contribution in [2.75, 3.05) is 13.1 Å². The molecular weight excluding hydrogens is 336 g/mol. The van der Waals surface area contributed by atoms with Crippen LogP contribution < -0.4 is 0 Å². The second-order valence-corrected chi connectivity index (χ2v) is 7.11. The van der Waals surface area contributed by atoms with Crippen molar-refractivity contribution in [1.29, 1.82) is 0 Å². The largest absolute Gasteiger partial charge is 0.339 e. The Bertz CT molecular complexity index is 1090. The molecule has 5 rings (SSSR count). The molecule has 0 spiro atoms. The zero-order valence-corrected chi connectivity index (χ0v) is 15.0. The molecular formula is C22H20N4O. The molecule has 0 aliphatic carbocycles. The Labute approximate surface area is 157 Å². The molecule has 1 amide bonds. The van der Waals surface area contributed by atoms with Gasteiger partial charge in [0.05, 0.1) is 5.56 Å². The second kappa shape index (κ2) is 6.50. The fraction of sp³-hybridized carbons (Fsp3) is 0.227. The normalized spacial score (nSPS) is 15.5. The van der Waals surface area contributed by atoms with Gasteiger partial charge in [-0.3, -0.25) is 4.79 Å². The molecule has 4 aromatic rings. The predicted molar refractivity (Wildman–Crippen MR) is 105 cm³/mol. The lowest BCUT2D eigenvalue weighted by molar-refractivity contribution is 0.0712. The van der Waals surface area contributed by atoms with E-state index in [-0.39, 0.29) is 5.91 Å². The van der Waals surface area contributed by atoms with E-state index >= 15 is 0 Å². The van der Waals surface area contributed by atoms with E-state index < -0.39 is 0 Å². The highest BCUT2D eigenvalue weighted by Crippen LogP contribution is 2.28. The van der Waals surface area contributed by atoms with Crippen LogP contribution in [0.25, 0.3) is 16.6 Å². The smallest absolute Gasteiger partial charge is 0.255 e. The highest BCUT2D eigenvalue weighted by atomic mass is 16.2. The fourth-order valence-corrected chi connectivity index (χ4v) is 3.93. The van der Waals surface area contributed by atoms with Gasteiger partial charge in [0.15, 0.2) is 5.65 Å². The van der Waals surface area contributed by atoms with Crippen LogP contribution in [0.3, 0.4) is 0 Å². The van der Waals surface area contributed by atoms with Gasteiger partial charge in [0.1, 0.15) is 0 Å². The highest BCUT2D eigenvalue weighted by Gasteiger charge is 2.26. The van der Waals surface area contributed by atoms with Crippen LogP contribution in [0.2, 0.25) is 0 Å². The fourth-order valence-electron chi connectivity index (χ4n) is 3.93. The average molecular weight is 356 g/mol. The number of fused-ring (bicyclic) bond motifs is 2. The van der Waals surface area contributed by atoms with Gasteiger partial charge in [0.2, 0.25) is 0 Å². The Morgan fingerprint density at radius 3 is 2.78 bits per heavy atom. The number of hydrogen-bond acceptors (Lipinski definition) is 3. The van der Waals surface area contributed by atoms with Crippen LogP contribution in [0.15, 0.2) is 67.1 Å². The van der Waals surface area contributed by atoms with Crippen molar-refractivity contribution in [3.8, 4) is 0 Å². The molecule has 4 aromatic heterocycles. The molecule has 1 saturated heterocycles. The Morgan fingerprint density at radius 1 is 1.04 bits per heavy atom. The maximum Gasteiger partial charge on any atom is 0.255 e. The first kappa shape index (κ1) is 16.0. The minimum Gasteiger partial charge on any atom is -0.339 e. The first-order valence-electron chi connectivity index (χ1n) is 9.36. The molecule has 0 atom stereocenters. The monoisotopic (exact) mass is 356 g/mol. The van der Waals surface area contributed by atoms with Crippen molar-refractivity contribution in [2.24, 2.45) is 0 Å². The number of likely N-dealkylation sites (tertiary alicyclic amines) is 1. The third-order valence-corrected chi connectivity index (χ3v) is 5.44.